The van der Waals surface area contributed by atoms with Crippen LogP contribution in [0.2, 0.25) is 0 Å². The van der Waals surface area contributed by atoms with E-state index in [2.05, 4.69) is 16.3 Å². The van der Waals surface area contributed by atoms with Gasteiger partial charge in [0.1, 0.15) is 5.75 Å². The first-order valence-electron chi connectivity index (χ1n) is 10.4. The number of anilines is 2. The number of nitrogens with one attached hydrogen (secondary N) is 1. The lowest BCUT2D eigenvalue weighted by Crippen LogP contribution is -2.37. The molecule has 4 heteroatoms. The molecular weight excluding hydrogens is 384 g/mol. The molecule has 1 N–H and O–H groups in total. The lowest BCUT2D eigenvalue weighted by Gasteiger charge is -2.26. The van der Waals surface area contributed by atoms with E-state index in [0.29, 0.717) is 6.67 Å². The van der Waals surface area contributed by atoms with Crippen LogP contribution in [0.25, 0.3) is 10.8 Å². The van der Waals surface area contributed by atoms with Gasteiger partial charge in [-0.05, 0) is 59.7 Å². The van der Waals surface area contributed by atoms with Gasteiger partial charge < -0.3 is 15.0 Å². The molecule has 0 aliphatic carbocycles. The number of methoxy groups -OCH3 is 1. The van der Waals surface area contributed by atoms with E-state index >= 15 is 0 Å². The van der Waals surface area contributed by atoms with Gasteiger partial charge in [0.25, 0.3) is 0 Å². The average Bonchev–Trinajstić information content (AvgIpc) is 2.84. The first kappa shape index (κ1) is 20.5. The number of rotatable bonds is 7. The first-order valence-corrected chi connectivity index (χ1v) is 10.4. The molecule has 4 nitrogen and oxygen atoms in total. The molecule has 4 aromatic rings. The summed E-state index contributed by atoms with van der Waals surface area (Å²) in [7, 11) is 1.66. The second kappa shape index (κ2) is 9.35. The largest absolute Gasteiger partial charge is 0.497 e. The van der Waals surface area contributed by atoms with Crippen LogP contribution in [0.15, 0.2) is 97.1 Å². The Morgan fingerprint density at radius 1 is 0.839 bits per heavy atom. The Balaban J connectivity index is 1.50. The Bertz CT molecular complexity index is 1120. The molecule has 31 heavy (non-hydrogen) atoms. The minimum absolute atomic E-state index is 0.00951. The first-order chi connectivity index (χ1) is 15.2. The molecule has 0 saturated heterocycles. The summed E-state index contributed by atoms with van der Waals surface area (Å²) < 4.78 is 5.30. The zero-order valence-electron chi connectivity index (χ0n) is 17.8. The third-order valence-corrected chi connectivity index (χ3v) is 5.51. The van der Waals surface area contributed by atoms with Gasteiger partial charge in [-0.25, -0.2) is 0 Å². The SMILES string of the molecule is COc1ccc2cc(C(C)C(=O)NCN(c3ccccc3)c3ccccc3)ccc2c1. The van der Waals surface area contributed by atoms with E-state index in [4.69, 9.17) is 4.74 Å². The van der Waals surface area contributed by atoms with Gasteiger partial charge in [0.05, 0.1) is 19.7 Å². The van der Waals surface area contributed by atoms with Crippen LogP contribution in [0.5, 0.6) is 5.75 Å². The van der Waals surface area contributed by atoms with Crippen LogP contribution >= 0.6 is 0 Å². The van der Waals surface area contributed by atoms with Crippen molar-refractivity contribution in [3.63, 3.8) is 0 Å². The second-order valence-corrected chi connectivity index (χ2v) is 7.49. The predicted molar refractivity (Wildman–Crippen MR) is 127 cm³/mol. The van der Waals surface area contributed by atoms with Gasteiger partial charge >= 0.3 is 0 Å². The maximum atomic E-state index is 13.0. The number of ether oxygens (including phenoxy) is 1. The fourth-order valence-corrected chi connectivity index (χ4v) is 3.65. The van der Waals surface area contributed by atoms with Crippen molar-refractivity contribution in [2.24, 2.45) is 0 Å². The Morgan fingerprint density at radius 2 is 1.42 bits per heavy atom. The monoisotopic (exact) mass is 410 g/mol. The Kier molecular flexibility index (Phi) is 6.18. The van der Waals surface area contributed by atoms with Gasteiger partial charge in [0, 0.05) is 11.4 Å². The summed E-state index contributed by atoms with van der Waals surface area (Å²) in [6, 6.07) is 32.2. The molecule has 0 spiro atoms. The maximum absolute atomic E-state index is 13.0. The van der Waals surface area contributed by atoms with Crippen molar-refractivity contribution in [2.45, 2.75) is 12.8 Å². The quantitative estimate of drug-likeness (QED) is 0.388. The summed E-state index contributed by atoms with van der Waals surface area (Å²) in [5.41, 5.74) is 3.05. The van der Waals surface area contributed by atoms with E-state index in [1.807, 2.05) is 97.9 Å². The Hall–Kier alpha value is -3.79. The van der Waals surface area contributed by atoms with Gasteiger partial charge in [-0.3, -0.25) is 4.79 Å². The number of benzene rings is 4. The minimum Gasteiger partial charge on any atom is -0.497 e. The topological polar surface area (TPSA) is 41.6 Å². The van der Waals surface area contributed by atoms with Crippen molar-refractivity contribution in [2.75, 3.05) is 18.7 Å². The second-order valence-electron chi connectivity index (χ2n) is 7.49. The molecule has 4 rings (SSSR count). The number of fused-ring (bicyclic) bond motifs is 1. The molecule has 0 radical (unpaired) electrons. The zero-order chi connectivity index (χ0) is 21.6. The summed E-state index contributed by atoms with van der Waals surface area (Å²) in [5.74, 6) is 0.553. The highest BCUT2D eigenvalue weighted by Gasteiger charge is 2.17. The summed E-state index contributed by atoms with van der Waals surface area (Å²) in [6.07, 6.45) is 0. The van der Waals surface area contributed by atoms with E-state index in [1.165, 1.54) is 0 Å². The molecule has 0 saturated carbocycles. The van der Waals surface area contributed by atoms with E-state index < -0.39 is 0 Å². The van der Waals surface area contributed by atoms with Crippen LogP contribution in [-0.4, -0.2) is 19.7 Å². The van der Waals surface area contributed by atoms with Crippen molar-refractivity contribution >= 4 is 28.1 Å². The van der Waals surface area contributed by atoms with Crippen LogP contribution in [0.3, 0.4) is 0 Å². The Labute approximate surface area is 183 Å². The average molecular weight is 411 g/mol. The summed E-state index contributed by atoms with van der Waals surface area (Å²) in [6.45, 7) is 2.33. The van der Waals surface area contributed by atoms with Crippen LogP contribution in [0.1, 0.15) is 18.4 Å². The van der Waals surface area contributed by atoms with Crippen molar-refractivity contribution in [3.05, 3.63) is 103 Å². The van der Waals surface area contributed by atoms with Gasteiger partial charge in [-0.15, -0.1) is 0 Å². The number of carbonyl (C=O) groups excluding carboxylic acids is 1. The maximum Gasteiger partial charge on any atom is 0.228 e. The molecule has 1 atom stereocenters. The molecule has 0 heterocycles. The highest BCUT2D eigenvalue weighted by Crippen LogP contribution is 2.26. The third kappa shape index (κ3) is 4.69. The number of para-hydroxylation sites is 2. The normalized spacial score (nSPS) is 11.7. The van der Waals surface area contributed by atoms with Gasteiger partial charge in [0.15, 0.2) is 0 Å². The van der Waals surface area contributed by atoms with E-state index in [-0.39, 0.29) is 11.8 Å². The number of amides is 1. The Morgan fingerprint density at radius 3 is 2.03 bits per heavy atom. The van der Waals surface area contributed by atoms with Crippen molar-refractivity contribution in [3.8, 4) is 5.75 Å². The van der Waals surface area contributed by atoms with Crippen molar-refractivity contribution < 1.29 is 9.53 Å². The number of nitrogens with zero attached hydrogens (tertiary/aromatic N) is 1. The highest BCUT2D eigenvalue weighted by atomic mass is 16.5. The number of carbonyl (C=O) groups is 1. The highest BCUT2D eigenvalue weighted by molar-refractivity contribution is 5.88. The van der Waals surface area contributed by atoms with Crippen molar-refractivity contribution in [1.29, 1.82) is 0 Å². The smallest absolute Gasteiger partial charge is 0.228 e. The van der Waals surface area contributed by atoms with Gasteiger partial charge in [0.2, 0.25) is 5.91 Å². The van der Waals surface area contributed by atoms with Crippen LogP contribution < -0.4 is 15.0 Å². The van der Waals surface area contributed by atoms with Crippen molar-refractivity contribution in [1.82, 2.24) is 5.32 Å². The summed E-state index contributed by atoms with van der Waals surface area (Å²) in [4.78, 5) is 15.1. The molecule has 4 aromatic carbocycles. The molecule has 0 bridgehead atoms. The summed E-state index contributed by atoms with van der Waals surface area (Å²) >= 11 is 0. The van der Waals surface area contributed by atoms with Crippen LogP contribution in [0, 0.1) is 0 Å². The molecule has 0 fully saturated rings. The molecule has 1 unspecified atom stereocenters. The zero-order valence-corrected chi connectivity index (χ0v) is 17.8. The summed E-state index contributed by atoms with van der Waals surface area (Å²) in [5, 5.41) is 5.29. The fraction of sp³-hybridized carbons (Fsp3) is 0.148. The number of hydrogen-bond acceptors (Lipinski definition) is 3. The molecule has 0 aliphatic heterocycles. The lowest BCUT2D eigenvalue weighted by molar-refractivity contribution is -0.122. The lowest BCUT2D eigenvalue weighted by atomic mass is 9.97. The minimum atomic E-state index is -0.264. The fourth-order valence-electron chi connectivity index (χ4n) is 3.65. The molecule has 156 valence electrons. The molecule has 0 aromatic heterocycles. The van der Waals surface area contributed by atoms with E-state index in [0.717, 1.165) is 33.5 Å². The molecule has 0 aliphatic rings. The van der Waals surface area contributed by atoms with Gasteiger partial charge in [-0.2, -0.15) is 0 Å². The van der Waals surface area contributed by atoms with E-state index in [1.54, 1.807) is 7.11 Å². The van der Waals surface area contributed by atoms with E-state index in [9.17, 15) is 4.79 Å². The molecular formula is C27H26N2O2. The predicted octanol–water partition coefficient (Wildman–Crippen LogP) is 5.86. The standard InChI is InChI=1S/C27H26N2O2/c1-20(21-13-14-23-18-26(31-2)16-15-22(23)17-21)27(30)28-19-29(24-9-5-3-6-10-24)25-11-7-4-8-12-25/h3-18,20H,19H2,1-2H3,(H,28,30). The molecule has 1 amide bonds. The van der Waals surface area contributed by atoms with Crippen LogP contribution in [-0.2, 0) is 4.79 Å². The van der Waals surface area contributed by atoms with Crippen LogP contribution in [0.4, 0.5) is 11.4 Å². The third-order valence-electron chi connectivity index (χ3n) is 5.51. The van der Waals surface area contributed by atoms with Gasteiger partial charge in [-0.1, -0.05) is 60.7 Å². The number of hydrogen-bond donors (Lipinski definition) is 1.